The predicted octanol–water partition coefficient (Wildman–Crippen LogP) is 6.66. The zero-order valence-electron chi connectivity index (χ0n) is 17.7. The zero-order valence-corrected chi connectivity index (χ0v) is 20.1. The maximum atomic E-state index is 12.9. The van der Waals surface area contributed by atoms with Gasteiger partial charge in [0, 0.05) is 21.5 Å². The highest BCUT2D eigenvalue weighted by molar-refractivity contribution is 9.10. The molecule has 0 aliphatic carbocycles. The summed E-state index contributed by atoms with van der Waals surface area (Å²) in [5.74, 6) is -0.241. The number of halogens is 1. The molecule has 31 heavy (non-hydrogen) atoms. The topological polar surface area (TPSA) is 42.3 Å². The average molecular weight is 495 g/mol. The maximum Gasteiger partial charge on any atom is 0.293 e. The van der Waals surface area contributed by atoms with Gasteiger partial charge in [0.25, 0.3) is 11.1 Å². The number of carbonyl (C=O) groups excluding carboxylic acids is 2. The molecule has 0 spiro atoms. The summed E-state index contributed by atoms with van der Waals surface area (Å²) in [6.07, 6.45) is 2.84. The van der Waals surface area contributed by atoms with Crippen LogP contribution in [-0.2, 0) is 17.8 Å². The fourth-order valence-electron chi connectivity index (χ4n) is 3.76. The van der Waals surface area contributed by atoms with Gasteiger partial charge < -0.3 is 4.57 Å². The number of aromatic nitrogens is 1. The van der Waals surface area contributed by atoms with Crippen LogP contribution in [0.2, 0.25) is 0 Å². The molecular formula is C25H23BrN2O2S. The third kappa shape index (κ3) is 4.41. The van der Waals surface area contributed by atoms with Crippen molar-refractivity contribution in [3.63, 3.8) is 0 Å². The average Bonchev–Trinajstić information content (AvgIpc) is 3.19. The number of carbonyl (C=O) groups is 2. The highest BCUT2D eigenvalue weighted by Crippen LogP contribution is 2.34. The Labute approximate surface area is 195 Å². The van der Waals surface area contributed by atoms with Gasteiger partial charge in [0.2, 0.25) is 0 Å². The predicted molar refractivity (Wildman–Crippen MR) is 130 cm³/mol. The highest BCUT2D eigenvalue weighted by atomic mass is 79.9. The molecule has 4 rings (SSSR count). The van der Waals surface area contributed by atoms with Crippen molar-refractivity contribution in [2.45, 2.75) is 33.7 Å². The lowest BCUT2D eigenvalue weighted by Gasteiger charge is -2.12. The molecule has 1 fully saturated rings. The number of hydrogen-bond acceptors (Lipinski definition) is 3. The van der Waals surface area contributed by atoms with E-state index in [0.29, 0.717) is 4.91 Å². The van der Waals surface area contributed by atoms with E-state index in [0.717, 1.165) is 50.9 Å². The van der Waals surface area contributed by atoms with Gasteiger partial charge in [0.1, 0.15) is 0 Å². The minimum Gasteiger partial charge on any atom is -0.318 e. The Balaban J connectivity index is 1.60. The normalized spacial score (nSPS) is 15.4. The Bertz CT molecular complexity index is 1180. The first-order valence-corrected chi connectivity index (χ1v) is 11.8. The second kappa shape index (κ2) is 8.89. The minimum atomic E-state index is -0.241. The lowest BCUT2D eigenvalue weighted by molar-refractivity contribution is -0.123. The third-order valence-corrected chi connectivity index (χ3v) is 6.92. The van der Waals surface area contributed by atoms with Crippen molar-refractivity contribution in [1.82, 2.24) is 9.47 Å². The lowest BCUT2D eigenvalue weighted by atomic mass is 10.1. The van der Waals surface area contributed by atoms with Gasteiger partial charge in [0.05, 0.1) is 11.4 Å². The highest BCUT2D eigenvalue weighted by Gasteiger charge is 2.35. The Morgan fingerprint density at radius 2 is 1.61 bits per heavy atom. The van der Waals surface area contributed by atoms with Crippen LogP contribution in [0, 0.1) is 13.8 Å². The first-order valence-electron chi connectivity index (χ1n) is 10.2. The van der Waals surface area contributed by atoms with E-state index in [2.05, 4.69) is 64.7 Å². The summed E-state index contributed by atoms with van der Waals surface area (Å²) in [4.78, 5) is 27.2. The fourth-order valence-corrected chi connectivity index (χ4v) is 4.86. The Hall–Kier alpha value is -2.57. The second-order valence-electron chi connectivity index (χ2n) is 7.58. The molecule has 2 heterocycles. The van der Waals surface area contributed by atoms with Gasteiger partial charge in [-0.3, -0.25) is 14.5 Å². The molecule has 4 nitrogen and oxygen atoms in total. The van der Waals surface area contributed by atoms with Crippen LogP contribution in [0.15, 0.2) is 64.0 Å². The van der Waals surface area contributed by atoms with Crippen LogP contribution >= 0.6 is 27.7 Å². The van der Waals surface area contributed by atoms with Gasteiger partial charge in [0.15, 0.2) is 0 Å². The molecule has 2 aromatic carbocycles. The van der Waals surface area contributed by atoms with Gasteiger partial charge in [-0.1, -0.05) is 47.1 Å². The van der Waals surface area contributed by atoms with Crippen LogP contribution in [0.4, 0.5) is 4.79 Å². The monoisotopic (exact) mass is 494 g/mol. The molecule has 0 unspecified atom stereocenters. The van der Waals surface area contributed by atoms with E-state index in [1.54, 1.807) is 0 Å². The van der Waals surface area contributed by atoms with Crippen molar-refractivity contribution in [2.24, 2.45) is 0 Å². The molecule has 3 aromatic rings. The standard InChI is InChI=1S/C25H23BrN2O2S/c1-4-18-7-11-22(12-8-18)28-16(2)13-20(17(28)3)14-23-24(29)27(25(30)31-23)15-19-5-9-21(26)10-6-19/h5-14H,4,15H2,1-3H3/b23-14-. The number of rotatable bonds is 5. The first-order chi connectivity index (χ1) is 14.9. The molecule has 0 radical (unpaired) electrons. The lowest BCUT2D eigenvalue weighted by Crippen LogP contribution is -2.27. The summed E-state index contributed by atoms with van der Waals surface area (Å²) < 4.78 is 3.14. The van der Waals surface area contributed by atoms with Crippen molar-refractivity contribution in [3.05, 3.63) is 92.1 Å². The number of hydrogen-bond donors (Lipinski definition) is 0. The van der Waals surface area contributed by atoms with Crippen molar-refractivity contribution >= 4 is 44.9 Å². The smallest absolute Gasteiger partial charge is 0.293 e. The number of thioether (sulfide) groups is 1. The van der Waals surface area contributed by atoms with Crippen LogP contribution in [0.1, 0.15) is 35.0 Å². The number of nitrogens with zero attached hydrogens (tertiary/aromatic N) is 2. The van der Waals surface area contributed by atoms with Crippen LogP contribution in [0.5, 0.6) is 0 Å². The van der Waals surface area contributed by atoms with Gasteiger partial charge in [-0.25, -0.2) is 0 Å². The van der Waals surface area contributed by atoms with Gasteiger partial charge in [-0.2, -0.15) is 0 Å². The molecule has 1 aliphatic heterocycles. The number of amides is 2. The molecule has 1 saturated heterocycles. The molecule has 1 aliphatic rings. The first kappa shape index (κ1) is 21.7. The van der Waals surface area contributed by atoms with Crippen molar-refractivity contribution in [3.8, 4) is 5.69 Å². The Kier molecular flexibility index (Phi) is 6.21. The van der Waals surface area contributed by atoms with Crippen LogP contribution in [0.25, 0.3) is 11.8 Å². The SMILES string of the molecule is CCc1ccc(-n2c(C)cc(/C=C3\SC(=O)N(Cc4ccc(Br)cc4)C3=O)c2C)cc1. The molecule has 1 aromatic heterocycles. The summed E-state index contributed by atoms with van der Waals surface area (Å²) in [6.45, 7) is 6.51. The number of imide groups is 1. The maximum absolute atomic E-state index is 12.9. The van der Waals surface area contributed by atoms with Crippen LogP contribution < -0.4 is 0 Å². The van der Waals surface area contributed by atoms with E-state index in [4.69, 9.17) is 0 Å². The molecular weight excluding hydrogens is 472 g/mol. The fraction of sp³-hybridized carbons (Fsp3) is 0.200. The quantitative estimate of drug-likeness (QED) is 0.372. The largest absolute Gasteiger partial charge is 0.318 e. The Morgan fingerprint density at radius 3 is 2.26 bits per heavy atom. The summed E-state index contributed by atoms with van der Waals surface area (Å²) in [5.41, 5.74) is 6.39. The molecule has 158 valence electrons. The van der Waals surface area contributed by atoms with Crippen molar-refractivity contribution in [2.75, 3.05) is 0 Å². The van der Waals surface area contributed by atoms with E-state index >= 15 is 0 Å². The van der Waals surface area contributed by atoms with E-state index in [9.17, 15) is 9.59 Å². The summed E-state index contributed by atoms with van der Waals surface area (Å²) >= 11 is 4.41. The van der Waals surface area contributed by atoms with Gasteiger partial charge >= 0.3 is 0 Å². The van der Waals surface area contributed by atoms with Crippen molar-refractivity contribution < 1.29 is 9.59 Å². The van der Waals surface area contributed by atoms with E-state index in [1.807, 2.05) is 37.3 Å². The van der Waals surface area contributed by atoms with Crippen molar-refractivity contribution in [1.29, 1.82) is 0 Å². The molecule has 0 saturated carbocycles. The summed E-state index contributed by atoms with van der Waals surface area (Å²) in [5, 5.41) is -0.233. The molecule has 0 N–H and O–H groups in total. The summed E-state index contributed by atoms with van der Waals surface area (Å²) in [6, 6.07) is 18.2. The van der Waals surface area contributed by atoms with E-state index < -0.39 is 0 Å². The molecule has 6 heteroatoms. The minimum absolute atomic E-state index is 0.233. The van der Waals surface area contributed by atoms with E-state index in [-0.39, 0.29) is 17.7 Å². The molecule has 0 atom stereocenters. The zero-order chi connectivity index (χ0) is 22.1. The number of benzene rings is 2. The van der Waals surface area contributed by atoms with E-state index in [1.165, 1.54) is 10.5 Å². The third-order valence-electron chi connectivity index (χ3n) is 5.49. The van der Waals surface area contributed by atoms with Gasteiger partial charge in [-0.15, -0.1) is 0 Å². The Morgan fingerprint density at radius 1 is 0.968 bits per heavy atom. The number of aryl methyl sites for hydroxylation is 2. The molecule has 0 bridgehead atoms. The summed E-state index contributed by atoms with van der Waals surface area (Å²) in [7, 11) is 0. The molecule has 2 amide bonds. The van der Waals surface area contributed by atoms with Gasteiger partial charge in [-0.05, 0) is 85.1 Å². The van der Waals surface area contributed by atoms with Crippen LogP contribution in [0.3, 0.4) is 0 Å². The second-order valence-corrected chi connectivity index (χ2v) is 9.49. The van der Waals surface area contributed by atoms with Crippen LogP contribution in [-0.4, -0.2) is 20.6 Å².